The zero-order valence-electron chi connectivity index (χ0n) is 15.2. The summed E-state index contributed by atoms with van der Waals surface area (Å²) in [4.78, 5) is 19.9. The lowest BCUT2D eigenvalue weighted by Gasteiger charge is -2.16. The van der Waals surface area contributed by atoms with Crippen LogP contribution in [0.3, 0.4) is 0 Å². The van der Waals surface area contributed by atoms with E-state index in [2.05, 4.69) is 15.3 Å². The third kappa shape index (κ3) is 3.52. The average Bonchev–Trinajstić information content (AvgIpc) is 3.38. The second-order valence-electron chi connectivity index (χ2n) is 6.41. The Balaban J connectivity index is 1.54. The molecule has 1 unspecified atom stereocenters. The summed E-state index contributed by atoms with van der Waals surface area (Å²) in [5.74, 6) is -0.192. The first-order valence-corrected chi connectivity index (χ1v) is 9.29. The van der Waals surface area contributed by atoms with E-state index in [-0.39, 0.29) is 11.9 Å². The summed E-state index contributed by atoms with van der Waals surface area (Å²) in [5.41, 5.74) is 3.34. The summed E-state index contributed by atoms with van der Waals surface area (Å²) in [6, 6.07) is 17.4. The minimum atomic E-state index is -0.192. The summed E-state index contributed by atoms with van der Waals surface area (Å²) < 4.78 is 4.15. The van der Waals surface area contributed by atoms with Gasteiger partial charge in [-0.1, -0.05) is 30.3 Å². The zero-order valence-corrected chi connectivity index (χ0v) is 16.1. The third-order valence-electron chi connectivity index (χ3n) is 4.57. The second kappa shape index (κ2) is 7.66. The molecule has 2 aromatic carbocycles. The Hall–Kier alpha value is -3.45. The number of hydrogen-bond acceptors (Lipinski definition) is 3. The lowest BCUT2D eigenvalue weighted by Crippen LogP contribution is -2.28. The number of H-pyrrole nitrogens is 1. The van der Waals surface area contributed by atoms with Crippen molar-refractivity contribution in [2.45, 2.75) is 13.0 Å². The van der Waals surface area contributed by atoms with Crippen LogP contribution in [0, 0.1) is 4.77 Å². The van der Waals surface area contributed by atoms with Gasteiger partial charge in [-0.05, 0) is 49.0 Å². The van der Waals surface area contributed by atoms with E-state index in [1.807, 2.05) is 72.3 Å². The Bertz CT molecular complexity index is 1130. The topological polar surface area (TPSA) is 67.6 Å². The maximum Gasteiger partial charge on any atom is 0.270 e. The SMILES string of the molecule is CC(NC(=O)c1c[nH]c(=S)n1-c1ccccc1)c1ccc(-n2ccnc2)cc1. The molecule has 2 heterocycles. The van der Waals surface area contributed by atoms with Gasteiger partial charge in [0, 0.05) is 30.0 Å². The number of nitrogens with zero attached hydrogens (tertiary/aromatic N) is 3. The minimum Gasteiger partial charge on any atom is -0.344 e. The standard InChI is InChI=1S/C21H19N5OS/c1-15(16-7-9-17(10-8-16)25-12-11-22-14-25)24-20(27)19-13-23-21(28)26(19)18-5-3-2-4-6-18/h2-15H,1H3,(H,23,28)(H,24,27). The first-order chi connectivity index (χ1) is 13.6. The van der Waals surface area contributed by atoms with Crippen molar-refractivity contribution in [3.05, 3.63) is 95.5 Å². The highest BCUT2D eigenvalue weighted by molar-refractivity contribution is 7.71. The van der Waals surface area contributed by atoms with E-state index in [0.717, 1.165) is 16.9 Å². The maximum atomic E-state index is 12.9. The molecule has 7 heteroatoms. The van der Waals surface area contributed by atoms with Gasteiger partial charge in [-0.25, -0.2) is 4.98 Å². The number of amides is 1. The van der Waals surface area contributed by atoms with Crippen LogP contribution in [0.2, 0.25) is 0 Å². The summed E-state index contributed by atoms with van der Waals surface area (Å²) in [6.07, 6.45) is 7.02. The Morgan fingerprint density at radius 1 is 1.11 bits per heavy atom. The smallest absolute Gasteiger partial charge is 0.270 e. The lowest BCUT2D eigenvalue weighted by atomic mass is 10.1. The van der Waals surface area contributed by atoms with Crippen molar-refractivity contribution in [1.29, 1.82) is 0 Å². The van der Waals surface area contributed by atoms with Gasteiger partial charge < -0.3 is 14.9 Å². The van der Waals surface area contributed by atoms with E-state index in [9.17, 15) is 4.79 Å². The van der Waals surface area contributed by atoms with Crippen LogP contribution in [0.4, 0.5) is 0 Å². The van der Waals surface area contributed by atoms with Crippen LogP contribution < -0.4 is 5.32 Å². The molecule has 1 atom stereocenters. The maximum absolute atomic E-state index is 12.9. The molecular weight excluding hydrogens is 370 g/mol. The highest BCUT2D eigenvalue weighted by atomic mass is 32.1. The molecule has 140 valence electrons. The van der Waals surface area contributed by atoms with Gasteiger partial charge in [0.1, 0.15) is 5.69 Å². The van der Waals surface area contributed by atoms with Crippen molar-refractivity contribution < 1.29 is 4.79 Å². The van der Waals surface area contributed by atoms with Crippen LogP contribution in [-0.2, 0) is 0 Å². The van der Waals surface area contributed by atoms with Crippen molar-refractivity contribution >= 4 is 18.1 Å². The van der Waals surface area contributed by atoms with E-state index in [0.29, 0.717) is 10.5 Å². The fourth-order valence-electron chi connectivity index (χ4n) is 3.07. The van der Waals surface area contributed by atoms with Crippen LogP contribution in [0.25, 0.3) is 11.4 Å². The fraction of sp³-hybridized carbons (Fsp3) is 0.0952. The number of carbonyl (C=O) groups excluding carboxylic acids is 1. The number of imidazole rings is 2. The summed E-state index contributed by atoms with van der Waals surface area (Å²) in [6.45, 7) is 1.96. The molecule has 0 aliphatic rings. The summed E-state index contributed by atoms with van der Waals surface area (Å²) in [7, 11) is 0. The van der Waals surface area contributed by atoms with E-state index in [4.69, 9.17) is 12.2 Å². The van der Waals surface area contributed by atoms with Crippen molar-refractivity contribution in [1.82, 2.24) is 24.4 Å². The first kappa shape index (κ1) is 17.9. The number of hydrogen-bond donors (Lipinski definition) is 2. The molecule has 0 bridgehead atoms. The lowest BCUT2D eigenvalue weighted by molar-refractivity contribution is 0.0933. The molecule has 2 aromatic heterocycles. The van der Waals surface area contributed by atoms with Crippen molar-refractivity contribution in [2.24, 2.45) is 0 Å². The monoisotopic (exact) mass is 389 g/mol. The van der Waals surface area contributed by atoms with Gasteiger partial charge in [-0.2, -0.15) is 0 Å². The zero-order chi connectivity index (χ0) is 19.5. The first-order valence-electron chi connectivity index (χ1n) is 8.88. The van der Waals surface area contributed by atoms with E-state index >= 15 is 0 Å². The van der Waals surface area contributed by atoms with Gasteiger partial charge in [0.2, 0.25) is 0 Å². The highest BCUT2D eigenvalue weighted by Gasteiger charge is 2.17. The Labute approximate surface area is 167 Å². The largest absolute Gasteiger partial charge is 0.344 e. The molecule has 4 aromatic rings. The quantitative estimate of drug-likeness (QED) is 0.503. The molecule has 4 rings (SSSR count). The molecule has 0 saturated carbocycles. The third-order valence-corrected chi connectivity index (χ3v) is 4.87. The number of nitrogens with one attached hydrogen (secondary N) is 2. The van der Waals surface area contributed by atoms with Crippen LogP contribution in [0.1, 0.15) is 29.0 Å². The number of para-hydroxylation sites is 1. The minimum absolute atomic E-state index is 0.156. The Kier molecular flexibility index (Phi) is 4.90. The molecule has 1 amide bonds. The van der Waals surface area contributed by atoms with Crippen molar-refractivity contribution in [2.75, 3.05) is 0 Å². The fourth-order valence-corrected chi connectivity index (χ4v) is 3.33. The number of aromatic nitrogens is 4. The second-order valence-corrected chi connectivity index (χ2v) is 6.79. The van der Waals surface area contributed by atoms with Crippen molar-refractivity contribution in [3.63, 3.8) is 0 Å². The van der Waals surface area contributed by atoms with Gasteiger partial charge >= 0.3 is 0 Å². The molecule has 0 aliphatic carbocycles. The number of benzene rings is 2. The summed E-state index contributed by atoms with van der Waals surface area (Å²) >= 11 is 5.35. The average molecular weight is 389 g/mol. The molecule has 6 nitrogen and oxygen atoms in total. The van der Waals surface area contributed by atoms with E-state index in [1.165, 1.54) is 0 Å². The molecule has 2 N–H and O–H groups in total. The van der Waals surface area contributed by atoms with Gasteiger partial charge in [-0.15, -0.1) is 0 Å². The van der Waals surface area contributed by atoms with Gasteiger partial charge in [0.15, 0.2) is 4.77 Å². The highest BCUT2D eigenvalue weighted by Crippen LogP contribution is 2.18. The van der Waals surface area contributed by atoms with Gasteiger partial charge in [0.05, 0.1) is 12.4 Å². The predicted molar refractivity (Wildman–Crippen MR) is 110 cm³/mol. The predicted octanol–water partition coefficient (Wildman–Crippen LogP) is 4.21. The van der Waals surface area contributed by atoms with Crippen molar-refractivity contribution in [3.8, 4) is 11.4 Å². The van der Waals surface area contributed by atoms with Crippen LogP contribution in [0.5, 0.6) is 0 Å². The Morgan fingerprint density at radius 2 is 1.86 bits per heavy atom. The normalized spacial score (nSPS) is 11.9. The molecular formula is C21H19N5OS. The van der Waals surface area contributed by atoms with E-state index < -0.39 is 0 Å². The Morgan fingerprint density at radius 3 is 2.54 bits per heavy atom. The molecule has 0 fully saturated rings. The van der Waals surface area contributed by atoms with Gasteiger partial charge in [0.25, 0.3) is 5.91 Å². The number of aromatic amines is 1. The number of rotatable bonds is 5. The van der Waals surface area contributed by atoms with E-state index in [1.54, 1.807) is 23.3 Å². The number of carbonyl (C=O) groups is 1. The summed E-state index contributed by atoms with van der Waals surface area (Å²) in [5, 5.41) is 3.04. The molecule has 0 spiro atoms. The molecule has 0 saturated heterocycles. The van der Waals surface area contributed by atoms with Gasteiger partial charge in [-0.3, -0.25) is 9.36 Å². The molecule has 0 aliphatic heterocycles. The molecule has 28 heavy (non-hydrogen) atoms. The van der Waals surface area contributed by atoms with Crippen LogP contribution in [0.15, 0.2) is 79.5 Å². The van der Waals surface area contributed by atoms with Crippen LogP contribution >= 0.6 is 12.2 Å². The van der Waals surface area contributed by atoms with Crippen LogP contribution in [-0.4, -0.2) is 25.0 Å². The molecule has 0 radical (unpaired) electrons.